The molecule has 3 aromatic heterocycles. The lowest BCUT2D eigenvalue weighted by molar-refractivity contribution is -0.123. The number of aromatic nitrogens is 4. The Morgan fingerprint density at radius 1 is 0.642 bits per heavy atom. The number of methoxy groups -OCH3 is 1. The molecule has 23 heteroatoms. The van der Waals surface area contributed by atoms with Gasteiger partial charge in [-0.1, -0.05) is 43.2 Å². The van der Waals surface area contributed by atoms with Crippen molar-refractivity contribution < 1.29 is 62.2 Å². The predicted octanol–water partition coefficient (Wildman–Crippen LogP) is 5.82. The summed E-state index contributed by atoms with van der Waals surface area (Å²) in [5.41, 5.74) is 5.85. The third-order valence-electron chi connectivity index (χ3n) is 12.9. The molecule has 4 heterocycles. The number of urea groups is 1. The van der Waals surface area contributed by atoms with Crippen molar-refractivity contribution >= 4 is 40.5 Å². The van der Waals surface area contributed by atoms with Gasteiger partial charge in [-0.25, -0.2) is 14.3 Å². The largest absolute Gasteiger partial charge is 0.465 e. The minimum atomic E-state index is -1.30. The van der Waals surface area contributed by atoms with Crippen LogP contribution in [0.25, 0.3) is 33.3 Å². The number of unbranched alkanes of at least 4 members (excludes halogenated alkanes) is 4. The molecule has 0 unspecified atom stereocenters. The first-order valence-electron chi connectivity index (χ1n) is 27.8. The molecule has 0 saturated heterocycles. The first kappa shape index (κ1) is 63.2. The molecule has 1 aliphatic rings. The molecule has 5 amide bonds. The standard InChI is InChI=1S/C58H79N9O14/c1-74-26-27-76-30-31-78-34-35-80-38-39-81-37-36-79-33-32-77-29-28-75-25-19-54(68)61-20-6-4-12-52(64-58(72)73)55(69)62-21-5-2-3-7-24-67-56(70)50(48-10-8-13-51-49(48)11-9-22-60-51)40-53(65-67)44-14-16-47(17-15-44)63-57(71)66-42-45-18-23-59-41-46(45)43-66/h8-11,13-18,22-23,40-41,52,64H,2-7,12,19-21,24-39,42-43H2,1H3,(H,61,68)(H,62,69)(H,63,71)(H,72,73)/t52-/m0/s1. The highest BCUT2D eigenvalue weighted by Crippen LogP contribution is 2.29. The molecule has 0 saturated carbocycles. The summed E-state index contributed by atoms with van der Waals surface area (Å²) in [7, 11) is 1.63. The van der Waals surface area contributed by atoms with Gasteiger partial charge in [0.25, 0.3) is 5.56 Å². The second-order valence-electron chi connectivity index (χ2n) is 18.9. The third-order valence-corrected chi connectivity index (χ3v) is 12.9. The summed E-state index contributed by atoms with van der Waals surface area (Å²) in [6.07, 6.45) is 8.22. The molecule has 440 valence electrons. The van der Waals surface area contributed by atoms with E-state index in [4.69, 9.17) is 43.0 Å². The molecule has 5 aromatic rings. The smallest absolute Gasteiger partial charge is 0.405 e. The normalized spacial score (nSPS) is 12.3. The van der Waals surface area contributed by atoms with Crippen LogP contribution < -0.4 is 26.8 Å². The fraction of sp³-hybridized carbons (Fsp3) is 0.517. The van der Waals surface area contributed by atoms with Gasteiger partial charge in [0.15, 0.2) is 0 Å². The molecule has 6 rings (SSSR count). The van der Waals surface area contributed by atoms with Crippen LogP contribution in [0.5, 0.6) is 0 Å². The van der Waals surface area contributed by atoms with Gasteiger partial charge in [0.1, 0.15) is 6.04 Å². The number of pyridine rings is 2. The van der Waals surface area contributed by atoms with E-state index in [-0.39, 0.29) is 36.9 Å². The maximum Gasteiger partial charge on any atom is 0.405 e. The van der Waals surface area contributed by atoms with Crippen LogP contribution in [0.3, 0.4) is 0 Å². The van der Waals surface area contributed by atoms with Crippen LogP contribution in [0.1, 0.15) is 62.5 Å². The zero-order valence-corrected chi connectivity index (χ0v) is 46.4. The van der Waals surface area contributed by atoms with Crippen LogP contribution in [0, 0.1) is 0 Å². The minimum absolute atomic E-state index is 0.171. The molecule has 0 radical (unpaired) electrons. The zero-order valence-electron chi connectivity index (χ0n) is 46.4. The molecule has 0 aliphatic carbocycles. The Morgan fingerprint density at radius 2 is 1.26 bits per heavy atom. The Hall–Kier alpha value is -6.96. The number of carboxylic acid groups (broad SMARTS) is 1. The molecule has 23 nitrogen and oxygen atoms in total. The number of nitrogens with one attached hydrogen (secondary N) is 4. The maximum atomic E-state index is 14.2. The number of amides is 5. The lowest BCUT2D eigenvalue weighted by Gasteiger charge is -2.17. The fourth-order valence-electron chi connectivity index (χ4n) is 8.67. The number of benzene rings is 2. The number of rotatable bonds is 41. The number of hydrogen-bond donors (Lipinski definition) is 5. The van der Waals surface area contributed by atoms with Crippen LogP contribution in [0.4, 0.5) is 15.3 Å². The topological polar surface area (TPSA) is 274 Å². The van der Waals surface area contributed by atoms with Crippen LogP contribution in [-0.2, 0) is 67.1 Å². The van der Waals surface area contributed by atoms with Gasteiger partial charge in [-0.2, -0.15) is 5.10 Å². The minimum Gasteiger partial charge on any atom is -0.465 e. The number of fused-ring (bicyclic) bond motifs is 2. The summed E-state index contributed by atoms with van der Waals surface area (Å²) < 4.78 is 44.6. The molecule has 5 N–H and O–H groups in total. The fourth-order valence-corrected chi connectivity index (χ4v) is 8.67. The Morgan fingerprint density at radius 3 is 1.91 bits per heavy atom. The Kier molecular flexibility index (Phi) is 29.0. The maximum absolute atomic E-state index is 14.2. The van der Waals surface area contributed by atoms with Gasteiger partial charge in [0.2, 0.25) is 11.8 Å². The first-order valence-corrected chi connectivity index (χ1v) is 27.8. The van der Waals surface area contributed by atoms with Crippen molar-refractivity contribution in [3.63, 3.8) is 0 Å². The van der Waals surface area contributed by atoms with Crippen molar-refractivity contribution in [1.29, 1.82) is 0 Å². The van der Waals surface area contributed by atoms with Crippen molar-refractivity contribution in [3.05, 3.63) is 107 Å². The Bertz CT molecular complexity index is 2700. The number of anilines is 1. The highest BCUT2D eigenvalue weighted by molar-refractivity contribution is 5.95. The highest BCUT2D eigenvalue weighted by Gasteiger charge is 2.24. The molecule has 0 bridgehead atoms. The van der Waals surface area contributed by atoms with Crippen molar-refractivity contribution in [2.45, 2.75) is 77.0 Å². The monoisotopic (exact) mass is 1130 g/mol. The first-order chi connectivity index (χ1) is 39.7. The number of carbonyl (C=O) groups excluding carboxylic acids is 3. The van der Waals surface area contributed by atoms with Gasteiger partial charge in [-0.3, -0.25) is 24.4 Å². The summed E-state index contributed by atoms with van der Waals surface area (Å²) in [4.78, 5) is 74.6. The molecule has 2 aromatic carbocycles. The summed E-state index contributed by atoms with van der Waals surface area (Å²) in [5, 5.41) is 26.1. The van der Waals surface area contributed by atoms with E-state index < -0.39 is 18.0 Å². The van der Waals surface area contributed by atoms with Gasteiger partial charge >= 0.3 is 12.1 Å². The third kappa shape index (κ3) is 23.2. The summed E-state index contributed by atoms with van der Waals surface area (Å²) in [6, 6.07) is 19.4. The van der Waals surface area contributed by atoms with E-state index in [1.54, 1.807) is 36.7 Å². The quantitative estimate of drug-likeness (QED) is 0.0288. The molecular weight excluding hydrogens is 1050 g/mol. The van der Waals surface area contributed by atoms with Crippen LogP contribution >= 0.6 is 0 Å². The predicted molar refractivity (Wildman–Crippen MR) is 303 cm³/mol. The van der Waals surface area contributed by atoms with E-state index in [2.05, 4.69) is 31.2 Å². The van der Waals surface area contributed by atoms with E-state index >= 15 is 0 Å². The summed E-state index contributed by atoms with van der Waals surface area (Å²) in [5.74, 6) is -0.586. The average molecular weight is 1130 g/mol. The number of hydrogen-bond acceptors (Lipinski definition) is 16. The molecule has 0 fully saturated rings. The van der Waals surface area contributed by atoms with Gasteiger partial charge in [-0.05, 0) is 85.2 Å². The van der Waals surface area contributed by atoms with E-state index in [1.165, 1.54) is 4.68 Å². The number of aryl methyl sites for hydroxylation is 1. The van der Waals surface area contributed by atoms with E-state index in [0.717, 1.165) is 46.0 Å². The van der Waals surface area contributed by atoms with E-state index in [0.29, 0.717) is 168 Å². The summed E-state index contributed by atoms with van der Waals surface area (Å²) >= 11 is 0. The molecular formula is C58H79N9O14. The van der Waals surface area contributed by atoms with Gasteiger partial charge in [0.05, 0.1) is 116 Å². The van der Waals surface area contributed by atoms with Crippen molar-refractivity contribution in [2.24, 2.45) is 0 Å². The molecule has 0 spiro atoms. The van der Waals surface area contributed by atoms with E-state index in [9.17, 15) is 29.1 Å². The lowest BCUT2D eigenvalue weighted by Crippen LogP contribution is -2.46. The van der Waals surface area contributed by atoms with Gasteiger partial charge < -0.3 is 69.2 Å². The highest BCUT2D eigenvalue weighted by atomic mass is 16.6. The SMILES string of the molecule is COCCOCCOCCOCCOCCOCCOCCOCCC(=O)NCCCC[C@H](NC(=O)O)C(=O)NCCCCCCn1nc(-c2ccc(NC(=O)N3Cc4ccncc4C3)cc2)cc(-c2cccc3ncccc23)c1=O. The lowest BCUT2D eigenvalue weighted by atomic mass is 10.00. The van der Waals surface area contributed by atoms with Gasteiger partial charge in [-0.15, -0.1) is 0 Å². The van der Waals surface area contributed by atoms with Crippen LogP contribution in [0.15, 0.2) is 90.1 Å². The number of carbonyl (C=O) groups is 4. The molecule has 1 atom stereocenters. The van der Waals surface area contributed by atoms with Gasteiger partial charge in [0, 0.05) is 81.5 Å². The van der Waals surface area contributed by atoms with Crippen molar-refractivity contribution in [2.75, 3.05) is 125 Å². The number of nitrogens with zero attached hydrogens (tertiary/aromatic N) is 5. The number of ether oxygens (including phenoxy) is 8. The second kappa shape index (κ2) is 37.1. The van der Waals surface area contributed by atoms with Crippen LogP contribution in [0.2, 0.25) is 0 Å². The van der Waals surface area contributed by atoms with Crippen molar-refractivity contribution in [3.8, 4) is 22.4 Å². The van der Waals surface area contributed by atoms with E-state index in [1.807, 2.05) is 60.7 Å². The zero-order chi connectivity index (χ0) is 57.1. The molecule has 1 aliphatic heterocycles. The molecule has 81 heavy (non-hydrogen) atoms. The van der Waals surface area contributed by atoms with Crippen LogP contribution in [-0.4, -0.2) is 179 Å². The Balaban J connectivity index is 0.811. The summed E-state index contributed by atoms with van der Waals surface area (Å²) in [6.45, 7) is 8.82. The second-order valence-corrected chi connectivity index (χ2v) is 18.9. The average Bonchev–Trinajstić information content (AvgIpc) is 4.10. The Labute approximate surface area is 472 Å². The van der Waals surface area contributed by atoms with Crippen molar-refractivity contribution in [1.82, 2.24) is 40.6 Å².